The van der Waals surface area contributed by atoms with Gasteiger partial charge in [0.25, 0.3) is 0 Å². The van der Waals surface area contributed by atoms with E-state index < -0.39 is 6.10 Å². The summed E-state index contributed by atoms with van der Waals surface area (Å²) < 4.78 is 5.44. The molecule has 5 heteroatoms. The number of benzene rings is 1. The molecule has 0 spiro atoms. The molecule has 0 amide bonds. The zero-order valence-corrected chi connectivity index (χ0v) is 9.92. The molecule has 1 aromatic carbocycles. The summed E-state index contributed by atoms with van der Waals surface area (Å²) >= 11 is 0. The molecule has 2 rings (SSSR count). The molecule has 0 fully saturated rings. The van der Waals surface area contributed by atoms with Gasteiger partial charge in [-0.15, -0.1) is 0 Å². The van der Waals surface area contributed by atoms with Gasteiger partial charge in [-0.25, -0.2) is 4.98 Å². The second kappa shape index (κ2) is 4.73. The molecule has 1 heterocycles. The number of fused-ring (bicyclic) bond motifs is 1. The van der Waals surface area contributed by atoms with Crippen LogP contribution in [0.1, 0.15) is 5.89 Å². The summed E-state index contributed by atoms with van der Waals surface area (Å²) in [6.07, 6.45) is -0.743. The van der Waals surface area contributed by atoms with Gasteiger partial charge in [0.2, 0.25) is 0 Å². The minimum atomic E-state index is -0.743. The van der Waals surface area contributed by atoms with Crippen LogP contribution < -0.4 is 4.90 Å². The van der Waals surface area contributed by atoms with E-state index >= 15 is 0 Å². The molecule has 0 aliphatic heterocycles. The molecule has 1 aromatic heterocycles. The minimum absolute atomic E-state index is 0.242. The SMILES string of the molecule is Cc1nc2ccc(N(C)CC(O)CO)cc2o1. The number of oxazole rings is 1. The maximum Gasteiger partial charge on any atom is 0.192 e. The molecular formula is C12H16N2O3. The van der Waals surface area contributed by atoms with Gasteiger partial charge in [-0.2, -0.15) is 0 Å². The molecule has 1 unspecified atom stereocenters. The normalized spacial score (nSPS) is 12.9. The summed E-state index contributed by atoms with van der Waals surface area (Å²) in [6.45, 7) is 1.93. The zero-order chi connectivity index (χ0) is 12.4. The fourth-order valence-corrected chi connectivity index (χ4v) is 1.75. The average molecular weight is 236 g/mol. The number of hydrogen-bond donors (Lipinski definition) is 2. The first kappa shape index (κ1) is 11.9. The Morgan fingerprint density at radius 2 is 2.24 bits per heavy atom. The molecule has 92 valence electrons. The molecule has 2 N–H and O–H groups in total. The highest BCUT2D eigenvalue weighted by molar-refractivity contribution is 5.77. The molecule has 2 aromatic rings. The molecule has 0 saturated heterocycles. The Labute approximate surface area is 99.3 Å². The van der Waals surface area contributed by atoms with E-state index in [1.807, 2.05) is 30.1 Å². The van der Waals surface area contributed by atoms with Crippen molar-refractivity contribution < 1.29 is 14.6 Å². The number of hydrogen-bond acceptors (Lipinski definition) is 5. The average Bonchev–Trinajstić information content (AvgIpc) is 2.67. The van der Waals surface area contributed by atoms with E-state index in [9.17, 15) is 5.11 Å². The lowest BCUT2D eigenvalue weighted by Crippen LogP contribution is -2.31. The standard InChI is InChI=1S/C12H16N2O3/c1-8-13-11-4-3-9(5-12(11)17-8)14(2)6-10(16)7-15/h3-5,10,15-16H,6-7H2,1-2H3. The summed E-state index contributed by atoms with van der Waals surface area (Å²) in [5.41, 5.74) is 2.47. The van der Waals surface area contributed by atoms with Crippen molar-refractivity contribution in [2.24, 2.45) is 0 Å². The molecule has 0 bridgehead atoms. The zero-order valence-electron chi connectivity index (χ0n) is 9.92. The quantitative estimate of drug-likeness (QED) is 0.826. The number of aliphatic hydroxyl groups excluding tert-OH is 2. The van der Waals surface area contributed by atoms with E-state index in [2.05, 4.69) is 4.98 Å². The third kappa shape index (κ3) is 2.57. The van der Waals surface area contributed by atoms with Gasteiger partial charge in [-0.05, 0) is 12.1 Å². The van der Waals surface area contributed by atoms with Crippen LogP contribution in [0.5, 0.6) is 0 Å². The van der Waals surface area contributed by atoms with E-state index in [4.69, 9.17) is 9.52 Å². The van der Waals surface area contributed by atoms with Gasteiger partial charge in [0.1, 0.15) is 5.52 Å². The Balaban J connectivity index is 2.23. The smallest absolute Gasteiger partial charge is 0.192 e. The number of aliphatic hydroxyl groups is 2. The van der Waals surface area contributed by atoms with Crippen molar-refractivity contribution in [3.05, 3.63) is 24.1 Å². The van der Waals surface area contributed by atoms with Gasteiger partial charge in [-0.1, -0.05) is 0 Å². The summed E-state index contributed by atoms with van der Waals surface area (Å²) in [4.78, 5) is 6.08. The van der Waals surface area contributed by atoms with E-state index in [0.717, 1.165) is 16.8 Å². The summed E-state index contributed by atoms with van der Waals surface area (Å²) in [7, 11) is 1.85. The van der Waals surface area contributed by atoms with E-state index in [0.29, 0.717) is 12.4 Å². The lowest BCUT2D eigenvalue weighted by atomic mass is 10.2. The summed E-state index contributed by atoms with van der Waals surface area (Å²) in [6, 6.07) is 5.66. The number of aryl methyl sites for hydroxylation is 1. The Hall–Kier alpha value is -1.59. The van der Waals surface area contributed by atoms with Gasteiger partial charge >= 0.3 is 0 Å². The molecule has 0 radical (unpaired) electrons. The third-order valence-corrected chi connectivity index (χ3v) is 2.62. The predicted molar refractivity (Wildman–Crippen MR) is 65.1 cm³/mol. The molecule has 1 atom stereocenters. The maximum absolute atomic E-state index is 9.38. The summed E-state index contributed by atoms with van der Waals surface area (Å²) in [5, 5.41) is 18.2. The first-order valence-corrected chi connectivity index (χ1v) is 5.47. The molecule has 0 aliphatic rings. The Morgan fingerprint density at radius 1 is 1.47 bits per heavy atom. The van der Waals surface area contributed by atoms with Gasteiger partial charge in [-0.3, -0.25) is 0 Å². The van der Waals surface area contributed by atoms with E-state index in [1.165, 1.54) is 0 Å². The lowest BCUT2D eigenvalue weighted by molar-refractivity contribution is 0.101. The Morgan fingerprint density at radius 3 is 2.94 bits per heavy atom. The predicted octanol–water partition coefficient (Wildman–Crippen LogP) is 0.926. The molecule has 0 aliphatic carbocycles. The molecule has 0 saturated carbocycles. The van der Waals surface area contributed by atoms with Crippen LogP contribution in [-0.2, 0) is 0 Å². The van der Waals surface area contributed by atoms with Crippen molar-refractivity contribution in [2.75, 3.05) is 25.1 Å². The van der Waals surface area contributed by atoms with Crippen LogP contribution in [0.2, 0.25) is 0 Å². The Bertz CT molecular complexity index is 509. The van der Waals surface area contributed by atoms with Crippen molar-refractivity contribution in [3.8, 4) is 0 Å². The first-order valence-electron chi connectivity index (χ1n) is 5.47. The largest absolute Gasteiger partial charge is 0.441 e. The minimum Gasteiger partial charge on any atom is -0.441 e. The fraction of sp³-hybridized carbons (Fsp3) is 0.417. The van der Waals surface area contributed by atoms with Gasteiger partial charge < -0.3 is 19.5 Å². The van der Waals surface area contributed by atoms with E-state index in [1.54, 1.807) is 6.92 Å². The van der Waals surface area contributed by atoms with Crippen molar-refractivity contribution in [1.82, 2.24) is 4.98 Å². The fourth-order valence-electron chi connectivity index (χ4n) is 1.75. The van der Waals surface area contributed by atoms with Crippen LogP contribution in [0.15, 0.2) is 22.6 Å². The van der Waals surface area contributed by atoms with Crippen molar-refractivity contribution >= 4 is 16.8 Å². The van der Waals surface area contributed by atoms with Crippen LogP contribution in [-0.4, -0.2) is 41.5 Å². The van der Waals surface area contributed by atoms with Crippen molar-refractivity contribution in [2.45, 2.75) is 13.0 Å². The lowest BCUT2D eigenvalue weighted by Gasteiger charge is -2.21. The maximum atomic E-state index is 9.38. The van der Waals surface area contributed by atoms with Gasteiger partial charge in [0.15, 0.2) is 11.5 Å². The molecular weight excluding hydrogens is 220 g/mol. The van der Waals surface area contributed by atoms with Gasteiger partial charge in [0, 0.05) is 32.3 Å². The van der Waals surface area contributed by atoms with Crippen LogP contribution in [0.4, 0.5) is 5.69 Å². The second-order valence-electron chi connectivity index (χ2n) is 4.10. The van der Waals surface area contributed by atoms with Crippen molar-refractivity contribution in [3.63, 3.8) is 0 Å². The van der Waals surface area contributed by atoms with Crippen LogP contribution >= 0.6 is 0 Å². The topological polar surface area (TPSA) is 69.7 Å². The monoisotopic (exact) mass is 236 g/mol. The third-order valence-electron chi connectivity index (χ3n) is 2.62. The highest BCUT2D eigenvalue weighted by Gasteiger charge is 2.10. The number of nitrogens with zero attached hydrogens (tertiary/aromatic N) is 2. The molecule has 5 nitrogen and oxygen atoms in total. The van der Waals surface area contributed by atoms with E-state index in [-0.39, 0.29) is 6.61 Å². The number of likely N-dealkylation sites (N-methyl/N-ethyl adjacent to an activating group) is 1. The van der Waals surface area contributed by atoms with Crippen LogP contribution in [0, 0.1) is 6.92 Å². The van der Waals surface area contributed by atoms with Crippen molar-refractivity contribution in [1.29, 1.82) is 0 Å². The van der Waals surface area contributed by atoms with Crippen LogP contribution in [0.25, 0.3) is 11.1 Å². The Kier molecular flexibility index (Phi) is 3.31. The highest BCUT2D eigenvalue weighted by Crippen LogP contribution is 2.22. The highest BCUT2D eigenvalue weighted by atomic mass is 16.3. The number of anilines is 1. The molecule has 17 heavy (non-hydrogen) atoms. The number of aromatic nitrogens is 1. The summed E-state index contributed by atoms with van der Waals surface area (Å²) in [5.74, 6) is 0.634. The second-order valence-corrected chi connectivity index (χ2v) is 4.10. The van der Waals surface area contributed by atoms with Gasteiger partial charge in [0.05, 0.1) is 12.7 Å². The first-order chi connectivity index (χ1) is 8.10. The van der Waals surface area contributed by atoms with Crippen LogP contribution in [0.3, 0.4) is 0 Å². The number of rotatable bonds is 4.